The van der Waals surface area contributed by atoms with Crippen LogP contribution >= 0.6 is 0 Å². The van der Waals surface area contributed by atoms with Crippen molar-refractivity contribution < 1.29 is 28.5 Å². The minimum absolute atomic E-state index is 0.0517. The molecule has 2 N–H and O–H groups in total. The van der Waals surface area contributed by atoms with E-state index in [4.69, 9.17) is 14.2 Å². The Morgan fingerprint density at radius 1 is 1.11 bits per heavy atom. The fourth-order valence-corrected chi connectivity index (χ4v) is 5.01. The van der Waals surface area contributed by atoms with Gasteiger partial charge in [-0.1, -0.05) is 25.0 Å². The van der Waals surface area contributed by atoms with Gasteiger partial charge in [-0.2, -0.15) is 0 Å². The predicted octanol–water partition coefficient (Wildman–Crippen LogP) is 4.51. The van der Waals surface area contributed by atoms with Crippen LogP contribution in [0.15, 0.2) is 42.5 Å². The van der Waals surface area contributed by atoms with Gasteiger partial charge in [-0.3, -0.25) is 4.90 Å². The van der Waals surface area contributed by atoms with Crippen molar-refractivity contribution in [1.82, 2.24) is 5.32 Å². The van der Waals surface area contributed by atoms with Gasteiger partial charge in [0.05, 0.1) is 17.7 Å². The zero-order chi connectivity index (χ0) is 24.9. The summed E-state index contributed by atoms with van der Waals surface area (Å²) in [6.45, 7) is 1.35. The number of anilines is 1. The number of rotatable bonds is 8. The molecule has 1 aliphatic carbocycles. The number of nitrogens with one attached hydrogen (secondary N) is 1. The van der Waals surface area contributed by atoms with Crippen LogP contribution in [-0.4, -0.2) is 50.7 Å². The van der Waals surface area contributed by atoms with Crippen molar-refractivity contribution in [3.8, 4) is 5.75 Å². The molecule has 2 amide bonds. The van der Waals surface area contributed by atoms with Gasteiger partial charge in [0.1, 0.15) is 18.2 Å². The standard InChI is InChI=1S/C27H35FN2O5/c1-30(25(32)29-26(19-31)9-3-4-10-26)23-7-5-20(6-8-23)18-35-24-16-21(15-22(28)17-24)27(33-2)11-13-34-14-12-27/h5-8,15-17,31H,3-4,9-14,18-19H2,1-2H3,(H,29,32). The third-order valence-electron chi connectivity index (χ3n) is 7.36. The Labute approximate surface area is 206 Å². The summed E-state index contributed by atoms with van der Waals surface area (Å²) in [4.78, 5) is 14.3. The van der Waals surface area contributed by atoms with Crippen molar-refractivity contribution in [2.45, 2.75) is 56.3 Å². The number of aliphatic hydroxyl groups is 1. The van der Waals surface area contributed by atoms with Crippen LogP contribution in [0.2, 0.25) is 0 Å². The molecule has 0 bridgehead atoms. The molecule has 0 atom stereocenters. The zero-order valence-electron chi connectivity index (χ0n) is 20.5. The monoisotopic (exact) mass is 486 g/mol. The first-order chi connectivity index (χ1) is 16.9. The molecule has 1 saturated heterocycles. The molecule has 0 aromatic heterocycles. The molecule has 1 saturated carbocycles. The van der Waals surface area contributed by atoms with Gasteiger partial charge in [0.2, 0.25) is 0 Å². The maximum atomic E-state index is 14.4. The van der Waals surface area contributed by atoms with E-state index in [0.717, 1.165) is 42.5 Å². The highest BCUT2D eigenvalue weighted by Gasteiger charge is 2.36. The molecule has 2 aromatic rings. The predicted molar refractivity (Wildman–Crippen MR) is 131 cm³/mol. The van der Waals surface area contributed by atoms with Crippen LogP contribution in [0.3, 0.4) is 0 Å². The molecule has 2 aliphatic rings. The Bertz CT molecular complexity index is 1000. The van der Waals surface area contributed by atoms with E-state index in [0.29, 0.717) is 31.8 Å². The number of benzene rings is 2. The topological polar surface area (TPSA) is 80.3 Å². The first-order valence-electron chi connectivity index (χ1n) is 12.2. The molecule has 2 aromatic carbocycles. The summed E-state index contributed by atoms with van der Waals surface area (Å²) in [7, 11) is 3.35. The van der Waals surface area contributed by atoms with E-state index in [1.807, 2.05) is 30.3 Å². The molecule has 2 fully saturated rings. The molecule has 35 heavy (non-hydrogen) atoms. The summed E-state index contributed by atoms with van der Waals surface area (Å²) < 4.78 is 31.6. The zero-order valence-corrected chi connectivity index (χ0v) is 20.5. The number of aliphatic hydroxyl groups excluding tert-OH is 1. The van der Waals surface area contributed by atoms with Gasteiger partial charge >= 0.3 is 6.03 Å². The van der Waals surface area contributed by atoms with E-state index in [9.17, 15) is 14.3 Å². The van der Waals surface area contributed by atoms with E-state index in [-0.39, 0.29) is 25.1 Å². The second-order valence-corrected chi connectivity index (χ2v) is 9.58. The number of amides is 2. The normalized spacial score (nSPS) is 18.7. The highest BCUT2D eigenvalue weighted by Crippen LogP contribution is 2.37. The highest BCUT2D eigenvalue weighted by atomic mass is 19.1. The number of carbonyl (C=O) groups excluding carboxylic acids is 1. The average Bonchev–Trinajstić information content (AvgIpc) is 3.36. The van der Waals surface area contributed by atoms with E-state index < -0.39 is 11.1 Å². The van der Waals surface area contributed by atoms with E-state index in [2.05, 4.69) is 5.32 Å². The van der Waals surface area contributed by atoms with Crippen molar-refractivity contribution in [2.24, 2.45) is 0 Å². The fraction of sp³-hybridized carbons (Fsp3) is 0.519. The lowest BCUT2D eigenvalue weighted by Gasteiger charge is -2.36. The first kappa shape index (κ1) is 25.4. The van der Waals surface area contributed by atoms with Crippen molar-refractivity contribution in [1.29, 1.82) is 0 Å². The lowest BCUT2D eigenvalue weighted by molar-refractivity contribution is -0.0950. The number of halogens is 1. The number of hydrogen-bond acceptors (Lipinski definition) is 5. The van der Waals surface area contributed by atoms with Gasteiger partial charge in [0.15, 0.2) is 0 Å². The molecule has 1 aliphatic heterocycles. The van der Waals surface area contributed by atoms with Crippen molar-refractivity contribution in [2.75, 3.05) is 38.9 Å². The number of ether oxygens (including phenoxy) is 3. The molecule has 1 heterocycles. The van der Waals surface area contributed by atoms with Gasteiger partial charge in [0.25, 0.3) is 0 Å². The second kappa shape index (κ2) is 10.9. The van der Waals surface area contributed by atoms with Crippen LogP contribution < -0.4 is 15.0 Å². The quantitative estimate of drug-likeness (QED) is 0.574. The van der Waals surface area contributed by atoms with Crippen LogP contribution in [0.1, 0.15) is 49.7 Å². The van der Waals surface area contributed by atoms with Crippen molar-refractivity contribution in [3.63, 3.8) is 0 Å². The summed E-state index contributed by atoms with van der Waals surface area (Å²) in [6.07, 6.45) is 4.92. The third-order valence-corrected chi connectivity index (χ3v) is 7.36. The van der Waals surface area contributed by atoms with Crippen molar-refractivity contribution in [3.05, 3.63) is 59.4 Å². The van der Waals surface area contributed by atoms with Gasteiger partial charge in [-0.25, -0.2) is 9.18 Å². The van der Waals surface area contributed by atoms with Crippen LogP contribution in [0.4, 0.5) is 14.9 Å². The Balaban J connectivity index is 1.38. The molecule has 8 heteroatoms. The highest BCUT2D eigenvalue weighted by molar-refractivity contribution is 5.91. The Morgan fingerprint density at radius 2 is 1.80 bits per heavy atom. The molecular formula is C27H35FN2O5. The number of carbonyl (C=O) groups is 1. The van der Waals surface area contributed by atoms with Gasteiger partial charge in [-0.15, -0.1) is 0 Å². The SMILES string of the molecule is COC1(c2cc(F)cc(OCc3ccc(N(C)C(=O)NC4(CO)CCCC4)cc3)c2)CCOCC1. The van der Waals surface area contributed by atoms with Gasteiger partial charge in [-0.05, 0) is 48.2 Å². The Morgan fingerprint density at radius 3 is 2.43 bits per heavy atom. The molecule has 4 rings (SSSR count). The minimum Gasteiger partial charge on any atom is -0.489 e. The molecule has 190 valence electrons. The van der Waals surface area contributed by atoms with E-state index >= 15 is 0 Å². The first-order valence-corrected chi connectivity index (χ1v) is 12.2. The lowest BCUT2D eigenvalue weighted by atomic mass is 9.86. The van der Waals surface area contributed by atoms with Crippen LogP contribution in [0.5, 0.6) is 5.75 Å². The van der Waals surface area contributed by atoms with Crippen LogP contribution in [-0.2, 0) is 21.7 Å². The lowest BCUT2D eigenvalue weighted by Crippen LogP contribution is -2.53. The third kappa shape index (κ3) is 5.77. The molecule has 7 nitrogen and oxygen atoms in total. The summed E-state index contributed by atoms with van der Waals surface area (Å²) >= 11 is 0. The summed E-state index contributed by atoms with van der Waals surface area (Å²) in [5.41, 5.74) is 1.28. The average molecular weight is 487 g/mol. The minimum atomic E-state index is -0.571. The smallest absolute Gasteiger partial charge is 0.322 e. The van der Waals surface area contributed by atoms with Crippen molar-refractivity contribution >= 4 is 11.7 Å². The largest absolute Gasteiger partial charge is 0.489 e. The number of methoxy groups -OCH3 is 1. The molecule has 0 spiro atoms. The molecular weight excluding hydrogens is 451 g/mol. The fourth-order valence-electron chi connectivity index (χ4n) is 5.01. The van der Waals surface area contributed by atoms with E-state index in [1.54, 1.807) is 14.2 Å². The summed E-state index contributed by atoms with van der Waals surface area (Å²) in [5, 5.41) is 12.8. The van der Waals surface area contributed by atoms with Gasteiger partial charge < -0.3 is 24.6 Å². The number of nitrogens with zero attached hydrogens (tertiary/aromatic N) is 1. The number of urea groups is 1. The summed E-state index contributed by atoms with van der Waals surface area (Å²) in [6, 6.07) is 11.9. The van der Waals surface area contributed by atoms with Crippen LogP contribution in [0, 0.1) is 5.82 Å². The number of hydrogen-bond donors (Lipinski definition) is 2. The van der Waals surface area contributed by atoms with Gasteiger partial charge in [0, 0.05) is 52.0 Å². The summed E-state index contributed by atoms with van der Waals surface area (Å²) in [5.74, 6) is 0.0701. The maximum absolute atomic E-state index is 14.4. The molecule has 0 radical (unpaired) electrons. The molecule has 0 unspecified atom stereocenters. The van der Waals surface area contributed by atoms with E-state index in [1.165, 1.54) is 17.0 Å². The second-order valence-electron chi connectivity index (χ2n) is 9.58. The Kier molecular flexibility index (Phi) is 7.94. The maximum Gasteiger partial charge on any atom is 0.322 e. The van der Waals surface area contributed by atoms with Crippen LogP contribution in [0.25, 0.3) is 0 Å². The Hall–Kier alpha value is -2.68.